The van der Waals surface area contributed by atoms with E-state index in [1.165, 1.54) is 32.1 Å². The van der Waals surface area contributed by atoms with Gasteiger partial charge >= 0.3 is 11.9 Å². The predicted octanol–water partition coefficient (Wildman–Crippen LogP) is 1.60. The molecule has 0 aliphatic carbocycles. The summed E-state index contributed by atoms with van der Waals surface area (Å²) < 4.78 is 11.6. The van der Waals surface area contributed by atoms with Gasteiger partial charge < -0.3 is 43.3 Å². The molecular formula is C27H40IN3O6. The number of halogens is 1. The summed E-state index contributed by atoms with van der Waals surface area (Å²) in [6, 6.07) is 5.96. The number of nitro groups is 1. The summed E-state index contributed by atoms with van der Waals surface area (Å²) in [6.07, 6.45) is 6.36. The van der Waals surface area contributed by atoms with Gasteiger partial charge in [-0.3, -0.25) is 10.1 Å². The fourth-order valence-corrected chi connectivity index (χ4v) is 4.43. The highest BCUT2D eigenvalue weighted by atomic mass is 127. The quantitative estimate of drug-likeness (QED) is 0.0883. The number of methoxy groups -OCH3 is 1. The summed E-state index contributed by atoms with van der Waals surface area (Å²) in [6.45, 7) is 4.87. The first-order valence-electron chi connectivity index (χ1n) is 12.4. The summed E-state index contributed by atoms with van der Waals surface area (Å²) in [7, 11) is 7.85. The normalized spacial score (nSPS) is 15.6. The van der Waals surface area contributed by atoms with Crippen molar-refractivity contribution in [2.75, 3.05) is 41.4 Å². The Labute approximate surface area is 237 Å². The number of nitrogens with one attached hydrogen (secondary N) is 1. The molecule has 0 aromatic heterocycles. The number of unbranched alkanes of at least 4 members (excludes halogenated alkanes) is 5. The molecule has 206 valence electrons. The van der Waals surface area contributed by atoms with Gasteiger partial charge in [0.25, 0.3) is 5.69 Å². The average molecular weight is 630 g/mol. The van der Waals surface area contributed by atoms with Gasteiger partial charge in [0, 0.05) is 23.5 Å². The summed E-state index contributed by atoms with van der Waals surface area (Å²) in [4.78, 5) is 36.8. The third-order valence-corrected chi connectivity index (χ3v) is 6.26. The van der Waals surface area contributed by atoms with E-state index in [9.17, 15) is 19.7 Å². The maximum Gasteiger partial charge on any atom is 0.336 e. The van der Waals surface area contributed by atoms with E-state index >= 15 is 0 Å². The largest absolute Gasteiger partial charge is 1.00 e. The molecule has 9 nitrogen and oxygen atoms in total. The maximum atomic E-state index is 13.2. The van der Waals surface area contributed by atoms with Gasteiger partial charge in [0.1, 0.15) is 0 Å². The zero-order valence-corrected chi connectivity index (χ0v) is 24.9. The van der Waals surface area contributed by atoms with Crippen LogP contribution >= 0.6 is 0 Å². The molecule has 0 fully saturated rings. The first-order chi connectivity index (χ1) is 17.0. The minimum Gasteiger partial charge on any atom is -1.00 e. The fraction of sp³-hybridized carbons (Fsp3) is 0.556. The minimum absolute atomic E-state index is 0. The van der Waals surface area contributed by atoms with Crippen LogP contribution in [0.2, 0.25) is 0 Å². The Kier molecular flexibility index (Phi) is 13.3. The van der Waals surface area contributed by atoms with Crippen LogP contribution < -0.4 is 29.3 Å². The Morgan fingerprint density at radius 1 is 0.973 bits per heavy atom. The molecule has 1 aromatic rings. The second kappa shape index (κ2) is 15.1. The van der Waals surface area contributed by atoms with E-state index in [0.29, 0.717) is 17.0 Å². The first-order valence-corrected chi connectivity index (χ1v) is 12.4. The van der Waals surface area contributed by atoms with Crippen LogP contribution in [-0.2, 0) is 19.1 Å². The van der Waals surface area contributed by atoms with Crippen LogP contribution in [0.25, 0.3) is 0 Å². The highest BCUT2D eigenvalue weighted by Crippen LogP contribution is 2.40. The number of quaternary nitrogens is 1. The maximum absolute atomic E-state index is 13.2. The smallest absolute Gasteiger partial charge is 0.336 e. The van der Waals surface area contributed by atoms with Crippen LogP contribution in [0.1, 0.15) is 63.9 Å². The number of benzene rings is 1. The lowest BCUT2D eigenvalue weighted by Gasteiger charge is -2.30. The third-order valence-electron chi connectivity index (χ3n) is 6.26. The monoisotopic (exact) mass is 629 g/mol. The van der Waals surface area contributed by atoms with Gasteiger partial charge in [0.05, 0.1) is 63.4 Å². The van der Waals surface area contributed by atoms with Crippen molar-refractivity contribution in [3.63, 3.8) is 0 Å². The summed E-state index contributed by atoms with van der Waals surface area (Å²) >= 11 is 0. The molecule has 1 aliphatic heterocycles. The number of nitrogens with zero attached hydrogens (tertiary/aromatic N) is 2. The van der Waals surface area contributed by atoms with Crippen LogP contribution in [-0.4, -0.2) is 62.7 Å². The lowest BCUT2D eigenvalue weighted by atomic mass is 9.80. The Bertz CT molecular complexity index is 1030. The molecule has 1 aliphatic rings. The topological polar surface area (TPSA) is 108 Å². The molecule has 1 atom stereocenters. The van der Waals surface area contributed by atoms with Crippen LogP contribution in [0, 0.1) is 10.1 Å². The van der Waals surface area contributed by atoms with Gasteiger partial charge in [-0.05, 0) is 38.7 Å². The predicted molar refractivity (Wildman–Crippen MR) is 138 cm³/mol. The van der Waals surface area contributed by atoms with Crippen LogP contribution in [0.5, 0.6) is 0 Å². The molecule has 0 spiro atoms. The lowest BCUT2D eigenvalue weighted by molar-refractivity contribution is -0.870. The highest BCUT2D eigenvalue weighted by molar-refractivity contribution is 5.99. The van der Waals surface area contributed by atoms with E-state index in [0.717, 1.165) is 36.7 Å². The molecule has 1 heterocycles. The fourth-order valence-electron chi connectivity index (χ4n) is 4.43. The van der Waals surface area contributed by atoms with Crippen molar-refractivity contribution in [2.24, 2.45) is 0 Å². The average Bonchev–Trinajstić information content (AvgIpc) is 2.81. The third kappa shape index (κ3) is 9.73. The molecule has 37 heavy (non-hydrogen) atoms. The Balaban J connectivity index is 0.00000684. The molecule has 0 radical (unpaired) electrons. The summed E-state index contributed by atoms with van der Waals surface area (Å²) in [5, 5.41) is 14.4. The molecule has 0 saturated heterocycles. The van der Waals surface area contributed by atoms with Crippen molar-refractivity contribution in [3.8, 4) is 0 Å². The molecule has 0 unspecified atom stereocenters. The minimum atomic E-state index is -0.840. The zero-order chi connectivity index (χ0) is 26.9. The van der Waals surface area contributed by atoms with Crippen molar-refractivity contribution < 1.29 is 52.4 Å². The number of non-ortho nitro benzene ring substituents is 1. The molecule has 0 saturated carbocycles. The van der Waals surface area contributed by atoms with E-state index in [1.54, 1.807) is 26.0 Å². The van der Waals surface area contributed by atoms with E-state index in [-0.39, 0.29) is 47.4 Å². The number of carbonyl (C=O) groups is 2. The second-order valence-corrected chi connectivity index (χ2v) is 10.3. The Hall–Kier alpha value is -2.47. The molecule has 0 bridgehead atoms. The van der Waals surface area contributed by atoms with E-state index < -0.39 is 22.8 Å². The number of hydrogen-bond donors (Lipinski definition) is 1. The second-order valence-electron chi connectivity index (χ2n) is 10.3. The van der Waals surface area contributed by atoms with Crippen LogP contribution in [0.3, 0.4) is 0 Å². The number of rotatable bonds is 13. The Morgan fingerprint density at radius 3 is 2.11 bits per heavy atom. The van der Waals surface area contributed by atoms with Gasteiger partial charge in [0.15, 0.2) is 0 Å². The van der Waals surface area contributed by atoms with Gasteiger partial charge in [-0.2, -0.15) is 0 Å². The van der Waals surface area contributed by atoms with Crippen molar-refractivity contribution in [2.45, 2.75) is 58.3 Å². The molecule has 0 amide bonds. The van der Waals surface area contributed by atoms with Crippen LogP contribution in [0.4, 0.5) is 5.69 Å². The molecular weight excluding hydrogens is 589 g/mol. The number of carbonyl (C=O) groups excluding carboxylic acids is 2. The lowest BCUT2D eigenvalue weighted by Crippen LogP contribution is -3.00. The highest BCUT2D eigenvalue weighted by Gasteiger charge is 2.38. The van der Waals surface area contributed by atoms with Gasteiger partial charge in [-0.25, -0.2) is 9.59 Å². The van der Waals surface area contributed by atoms with Gasteiger partial charge in [0.2, 0.25) is 0 Å². The number of hydrogen-bond acceptors (Lipinski definition) is 7. The van der Waals surface area contributed by atoms with E-state index in [4.69, 9.17) is 9.47 Å². The SMILES string of the molecule is COC(=O)C1=C(C)NC(C)=C(C(=O)OCCCCCCCC[N+](C)(C)C)[C@@H]1c1cccc([N+](=O)[O-])c1.[I-]. The van der Waals surface area contributed by atoms with E-state index in [1.807, 2.05) is 0 Å². The summed E-state index contributed by atoms with van der Waals surface area (Å²) in [5.74, 6) is -2.00. The zero-order valence-electron chi connectivity index (χ0n) is 22.8. The molecule has 2 rings (SSSR count). The van der Waals surface area contributed by atoms with Crippen molar-refractivity contribution >= 4 is 17.6 Å². The van der Waals surface area contributed by atoms with Gasteiger partial charge in [-0.1, -0.05) is 31.4 Å². The number of allylic oxidation sites excluding steroid dienone is 2. The summed E-state index contributed by atoms with van der Waals surface area (Å²) in [5.41, 5.74) is 1.87. The van der Waals surface area contributed by atoms with Crippen LogP contribution in [0.15, 0.2) is 46.8 Å². The van der Waals surface area contributed by atoms with E-state index in [2.05, 4.69) is 26.5 Å². The molecule has 1 N–H and O–H groups in total. The Morgan fingerprint density at radius 2 is 1.54 bits per heavy atom. The number of nitro benzene ring substituents is 1. The van der Waals surface area contributed by atoms with Gasteiger partial charge in [-0.15, -0.1) is 0 Å². The van der Waals surface area contributed by atoms with Crippen molar-refractivity contribution in [1.29, 1.82) is 0 Å². The number of esters is 2. The van der Waals surface area contributed by atoms with Crippen molar-refractivity contribution in [3.05, 3.63) is 62.5 Å². The first kappa shape index (κ1) is 32.6. The molecule has 10 heteroatoms. The number of dihydropyridines is 1. The molecule has 1 aromatic carbocycles. The standard InChI is InChI=1S/C27H39N3O6.HI/c1-19-23(26(31)35-6)25(21-14-13-15-22(18-21)29(33)34)24(20(2)28-19)27(32)36-17-12-10-8-7-9-11-16-30(3,4)5;/h13-15,18,25H,7-12,16-17H2,1-6H3;1H/t25-;/m1./s1. The number of ether oxygens (including phenoxy) is 2. The van der Waals surface area contributed by atoms with Crippen molar-refractivity contribution in [1.82, 2.24) is 5.32 Å².